The zero-order valence-corrected chi connectivity index (χ0v) is 13.4. The number of carbonyl (C=O) groups excluding carboxylic acids is 2. The Hall–Kier alpha value is -2.37. The van der Waals surface area contributed by atoms with Crippen molar-refractivity contribution in [2.45, 2.75) is 20.1 Å². The summed E-state index contributed by atoms with van der Waals surface area (Å²) in [5.41, 5.74) is 2.77. The van der Waals surface area contributed by atoms with Crippen molar-refractivity contribution in [3.63, 3.8) is 0 Å². The first-order chi connectivity index (χ1) is 11.0. The topological polar surface area (TPSA) is 78.4 Å². The second-order valence-corrected chi connectivity index (χ2v) is 5.46. The molecule has 0 atom stereocenters. The van der Waals surface area contributed by atoms with Crippen molar-refractivity contribution in [1.82, 2.24) is 5.32 Å². The Kier molecular flexibility index (Phi) is 5.73. The van der Waals surface area contributed by atoms with E-state index in [1.807, 2.05) is 0 Å². The first-order valence-corrected chi connectivity index (χ1v) is 7.42. The number of halogens is 1. The lowest BCUT2D eigenvalue weighted by molar-refractivity contribution is -0.136. The first-order valence-electron chi connectivity index (χ1n) is 7.04. The molecule has 0 fully saturated rings. The van der Waals surface area contributed by atoms with Gasteiger partial charge in [-0.3, -0.25) is 9.59 Å². The monoisotopic (exact) mass is 332 g/mol. The third-order valence-electron chi connectivity index (χ3n) is 3.37. The van der Waals surface area contributed by atoms with E-state index in [0.717, 1.165) is 11.1 Å². The summed E-state index contributed by atoms with van der Waals surface area (Å²) in [6, 6.07) is 12.1. The predicted octanol–water partition coefficient (Wildman–Crippen LogP) is 2.40. The Labute approximate surface area is 139 Å². The Bertz CT molecular complexity index is 732. The standard InChI is InChI=1S/C17H17ClN2O3/c1-11-8-14(18)6-7-15(11)20-17(23)16(22)19-9-12-4-2-3-5-13(12)10-21/h2-8,21H,9-10H2,1H3,(H,19,22)(H,20,23). The van der Waals surface area contributed by atoms with Gasteiger partial charge in [0.15, 0.2) is 0 Å². The fraction of sp³-hybridized carbons (Fsp3) is 0.176. The number of hydrogen-bond acceptors (Lipinski definition) is 3. The fourth-order valence-corrected chi connectivity index (χ4v) is 2.31. The summed E-state index contributed by atoms with van der Waals surface area (Å²) in [6.07, 6.45) is 0. The molecule has 0 aliphatic rings. The van der Waals surface area contributed by atoms with Gasteiger partial charge >= 0.3 is 11.8 Å². The lowest BCUT2D eigenvalue weighted by atomic mass is 10.1. The highest BCUT2D eigenvalue weighted by molar-refractivity contribution is 6.39. The number of anilines is 1. The number of aliphatic hydroxyl groups excluding tert-OH is 1. The zero-order valence-electron chi connectivity index (χ0n) is 12.6. The Morgan fingerprint density at radius 1 is 1.09 bits per heavy atom. The van der Waals surface area contributed by atoms with Gasteiger partial charge in [0.1, 0.15) is 0 Å². The number of aliphatic hydroxyl groups is 1. The summed E-state index contributed by atoms with van der Waals surface area (Å²) in [4.78, 5) is 23.8. The largest absolute Gasteiger partial charge is 0.392 e. The minimum absolute atomic E-state index is 0.123. The van der Waals surface area contributed by atoms with E-state index in [9.17, 15) is 14.7 Å². The van der Waals surface area contributed by atoms with Crippen molar-refractivity contribution >= 4 is 29.1 Å². The lowest BCUT2D eigenvalue weighted by Crippen LogP contribution is -2.35. The lowest BCUT2D eigenvalue weighted by Gasteiger charge is -2.10. The van der Waals surface area contributed by atoms with Gasteiger partial charge in [-0.25, -0.2) is 0 Å². The quantitative estimate of drug-likeness (QED) is 0.752. The van der Waals surface area contributed by atoms with E-state index >= 15 is 0 Å². The van der Waals surface area contributed by atoms with E-state index in [1.165, 1.54) is 0 Å². The normalized spacial score (nSPS) is 10.2. The van der Waals surface area contributed by atoms with Crippen LogP contribution in [0.15, 0.2) is 42.5 Å². The van der Waals surface area contributed by atoms with Gasteiger partial charge in [0.25, 0.3) is 0 Å². The van der Waals surface area contributed by atoms with Crippen LogP contribution in [0, 0.1) is 6.92 Å². The summed E-state index contributed by atoms with van der Waals surface area (Å²) in [7, 11) is 0. The molecule has 6 heteroatoms. The summed E-state index contributed by atoms with van der Waals surface area (Å²) in [6.45, 7) is 1.84. The number of aryl methyl sites for hydroxylation is 1. The number of rotatable bonds is 4. The number of amides is 2. The van der Waals surface area contributed by atoms with Gasteiger partial charge in [-0.15, -0.1) is 0 Å². The zero-order chi connectivity index (χ0) is 16.8. The highest BCUT2D eigenvalue weighted by atomic mass is 35.5. The molecule has 0 aromatic heterocycles. The fourth-order valence-electron chi connectivity index (χ4n) is 2.09. The molecule has 0 heterocycles. The minimum Gasteiger partial charge on any atom is -0.392 e. The average Bonchev–Trinajstić information content (AvgIpc) is 2.55. The average molecular weight is 333 g/mol. The molecule has 5 nitrogen and oxygen atoms in total. The van der Waals surface area contributed by atoms with E-state index in [2.05, 4.69) is 10.6 Å². The maximum Gasteiger partial charge on any atom is 0.313 e. The molecular formula is C17H17ClN2O3. The van der Waals surface area contributed by atoms with Crippen LogP contribution in [0.1, 0.15) is 16.7 Å². The van der Waals surface area contributed by atoms with Gasteiger partial charge < -0.3 is 15.7 Å². The molecule has 23 heavy (non-hydrogen) atoms. The maximum absolute atomic E-state index is 11.9. The third-order valence-corrected chi connectivity index (χ3v) is 3.61. The number of carbonyl (C=O) groups is 2. The Balaban J connectivity index is 1.96. The highest BCUT2D eigenvalue weighted by Gasteiger charge is 2.15. The summed E-state index contributed by atoms with van der Waals surface area (Å²) >= 11 is 5.85. The molecule has 2 aromatic carbocycles. The van der Waals surface area contributed by atoms with Crippen molar-refractivity contribution in [3.8, 4) is 0 Å². The minimum atomic E-state index is -0.753. The van der Waals surface area contributed by atoms with E-state index in [4.69, 9.17) is 11.6 Å². The molecule has 0 saturated heterocycles. The summed E-state index contributed by atoms with van der Waals surface area (Å²) < 4.78 is 0. The van der Waals surface area contributed by atoms with Crippen LogP contribution in [0.25, 0.3) is 0 Å². The first kappa shape index (κ1) is 17.0. The molecule has 0 radical (unpaired) electrons. The van der Waals surface area contributed by atoms with Gasteiger partial charge in [0, 0.05) is 17.3 Å². The molecule has 2 aromatic rings. The van der Waals surface area contributed by atoms with E-state index < -0.39 is 11.8 Å². The van der Waals surface area contributed by atoms with Gasteiger partial charge in [-0.1, -0.05) is 35.9 Å². The molecule has 0 aliphatic carbocycles. The summed E-state index contributed by atoms with van der Waals surface area (Å²) in [5.74, 6) is -1.50. The molecular weight excluding hydrogens is 316 g/mol. The Morgan fingerprint density at radius 2 is 1.78 bits per heavy atom. The van der Waals surface area contributed by atoms with Gasteiger partial charge in [-0.2, -0.15) is 0 Å². The SMILES string of the molecule is Cc1cc(Cl)ccc1NC(=O)C(=O)NCc1ccccc1CO. The molecule has 0 aliphatic heterocycles. The predicted molar refractivity (Wildman–Crippen MR) is 89.0 cm³/mol. The van der Waals surface area contributed by atoms with Crippen LogP contribution in [0.5, 0.6) is 0 Å². The third kappa shape index (κ3) is 4.55. The van der Waals surface area contributed by atoms with Gasteiger partial charge in [-0.05, 0) is 41.8 Å². The van der Waals surface area contributed by atoms with Crippen molar-refractivity contribution in [2.24, 2.45) is 0 Å². The van der Waals surface area contributed by atoms with Crippen LogP contribution < -0.4 is 10.6 Å². The van der Waals surface area contributed by atoms with Crippen molar-refractivity contribution in [3.05, 3.63) is 64.2 Å². The van der Waals surface area contributed by atoms with Crippen LogP contribution in [0.2, 0.25) is 5.02 Å². The van der Waals surface area contributed by atoms with Crippen molar-refractivity contribution in [1.29, 1.82) is 0 Å². The smallest absolute Gasteiger partial charge is 0.313 e. The number of hydrogen-bond donors (Lipinski definition) is 3. The van der Waals surface area contributed by atoms with Crippen molar-refractivity contribution in [2.75, 3.05) is 5.32 Å². The second-order valence-electron chi connectivity index (χ2n) is 5.02. The maximum atomic E-state index is 11.9. The van der Waals surface area contributed by atoms with Crippen LogP contribution in [-0.4, -0.2) is 16.9 Å². The molecule has 0 saturated carbocycles. The van der Waals surface area contributed by atoms with Crippen LogP contribution in [-0.2, 0) is 22.7 Å². The number of nitrogens with one attached hydrogen (secondary N) is 2. The van der Waals surface area contributed by atoms with E-state index in [1.54, 1.807) is 49.4 Å². The second kappa shape index (κ2) is 7.76. The Morgan fingerprint density at radius 3 is 2.43 bits per heavy atom. The molecule has 2 rings (SSSR count). The highest BCUT2D eigenvalue weighted by Crippen LogP contribution is 2.19. The molecule has 0 unspecified atom stereocenters. The molecule has 120 valence electrons. The van der Waals surface area contributed by atoms with Crippen LogP contribution in [0.4, 0.5) is 5.69 Å². The molecule has 0 spiro atoms. The van der Waals surface area contributed by atoms with Crippen LogP contribution >= 0.6 is 11.6 Å². The van der Waals surface area contributed by atoms with E-state index in [-0.39, 0.29) is 13.2 Å². The van der Waals surface area contributed by atoms with Gasteiger partial charge in [0.05, 0.1) is 6.61 Å². The van der Waals surface area contributed by atoms with Gasteiger partial charge in [0.2, 0.25) is 0 Å². The molecule has 3 N–H and O–H groups in total. The van der Waals surface area contributed by atoms with Crippen molar-refractivity contribution < 1.29 is 14.7 Å². The van der Waals surface area contributed by atoms with Crippen LogP contribution in [0.3, 0.4) is 0 Å². The van der Waals surface area contributed by atoms with E-state index in [0.29, 0.717) is 16.3 Å². The summed E-state index contributed by atoms with van der Waals surface area (Å²) in [5, 5.41) is 14.9. The number of benzene rings is 2. The molecule has 0 bridgehead atoms. The molecule has 2 amide bonds.